The molecule has 4 rings (SSSR count). The predicted molar refractivity (Wildman–Crippen MR) is 90.4 cm³/mol. The van der Waals surface area contributed by atoms with Crippen LogP contribution in [0.1, 0.15) is 18.4 Å². The minimum atomic E-state index is -1.53. The lowest BCUT2D eigenvalue weighted by atomic mass is 9.94. The number of nitriles is 2. The smallest absolute Gasteiger partial charge is 0.293 e. The van der Waals surface area contributed by atoms with E-state index in [4.69, 9.17) is 19.9 Å². The maximum atomic E-state index is 10.1. The minimum absolute atomic E-state index is 0.0749. The number of fused-ring (bicyclic) bond motifs is 2. The number of aliphatic imine (C=N–C) groups is 1. The van der Waals surface area contributed by atoms with Crippen LogP contribution in [0.25, 0.3) is 0 Å². The highest BCUT2D eigenvalue weighted by atomic mass is 79.9. The van der Waals surface area contributed by atoms with Gasteiger partial charge in [0, 0.05) is 16.0 Å². The number of hydrogen-bond donors (Lipinski definition) is 1. The van der Waals surface area contributed by atoms with Gasteiger partial charge >= 0.3 is 0 Å². The summed E-state index contributed by atoms with van der Waals surface area (Å²) >= 11 is 3.45. The number of nitrogens with zero attached hydrogens (tertiary/aromatic N) is 3. The van der Waals surface area contributed by atoms with E-state index in [-0.39, 0.29) is 5.84 Å². The molecule has 2 heterocycles. The molecule has 3 unspecified atom stereocenters. The second-order valence-electron chi connectivity index (χ2n) is 6.16. The van der Waals surface area contributed by atoms with Crippen molar-refractivity contribution in [3.8, 4) is 17.9 Å². The van der Waals surface area contributed by atoms with Gasteiger partial charge in [-0.3, -0.25) is 0 Å². The van der Waals surface area contributed by atoms with E-state index in [2.05, 4.69) is 33.1 Å². The first-order valence-corrected chi connectivity index (χ1v) is 8.70. The average molecular weight is 403 g/mol. The van der Waals surface area contributed by atoms with Crippen LogP contribution in [-0.2, 0) is 9.47 Å². The van der Waals surface area contributed by atoms with Crippen molar-refractivity contribution < 1.29 is 14.2 Å². The minimum Gasteiger partial charge on any atom is -0.494 e. The quantitative estimate of drug-likeness (QED) is 0.826. The van der Waals surface area contributed by atoms with Crippen LogP contribution in [0, 0.1) is 33.5 Å². The first kappa shape index (κ1) is 16.3. The molecule has 0 bridgehead atoms. The molecular formula is C17H15BrN4O3. The molecular weight excluding hydrogens is 388 g/mol. The zero-order valence-electron chi connectivity index (χ0n) is 13.5. The fourth-order valence-corrected chi connectivity index (χ4v) is 4.60. The van der Waals surface area contributed by atoms with Crippen molar-refractivity contribution in [1.82, 2.24) is 0 Å². The molecule has 1 spiro atoms. The maximum Gasteiger partial charge on any atom is 0.293 e. The summed E-state index contributed by atoms with van der Waals surface area (Å²) in [6.07, 6.45) is 0. The Morgan fingerprint density at radius 1 is 1.36 bits per heavy atom. The van der Waals surface area contributed by atoms with Crippen molar-refractivity contribution in [1.29, 1.82) is 10.5 Å². The second-order valence-corrected chi connectivity index (χ2v) is 7.08. The van der Waals surface area contributed by atoms with Crippen molar-refractivity contribution in [3.05, 3.63) is 28.2 Å². The molecule has 1 saturated heterocycles. The van der Waals surface area contributed by atoms with Gasteiger partial charge in [-0.1, -0.05) is 15.9 Å². The molecule has 1 aromatic rings. The van der Waals surface area contributed by atoms with Gasteiger partial charge in [0.2, 0.25) is 0 Å². The summed E-state index contributed by atoms with van der Waals surface area (Å²) in [6.45, 7) is 2.93. The summed E-state index contributed by atoms with van der Waals surface area (Å²) in [5, 5.41) is 20.1. The lowest BCUT2D eigenvalue weighted by Gasteiger charge is -2.26. The van der Waals surface area contributed by atoms with E-state index < -0.39 is 22.7 Å². The van der Waals surface area contributed by atoms with Crippen molar-refractivity contribution in [2.75, 3.05) is 19.8 Å². The molecule has 128 valence electrons. The Labute approximate surface area is 153 Å². The van der Waals surface area contributed by atoms with Gasteiger partial charge in [0.25, 0.3) is 5.91 Å². The monoisotopic (exact) mass is 402 g/mol. The normalized spacial score (nSPS) is 34.1. The van der Waals surface area contributed by atoms with Gasteiger partial charge < -0.3 is 19.9 Å². The van der Waals surface area contributed by atoms with Crippen LogP contribution < -0.4 is 10.5 Å². The van der Waals surface area contributed by atoms with E-state index in [9.17, 15) is 10.5 Å². The van der Waals surface area contributed by atoms with Crippen LogP contribution in [0.4, 0.5) is 0 Å². The first-order valence-electron chi connectivity index (χ1n) is 7.91. The number of rotatable bonds is 3. The van der Waals surface area contributed by atoms with Gasteiger partial charge in [-0.2, -0.15) is 10.5 Å². The summed E-state index contributed by atoms with van der Waals surface area (Å²) in [4.78, 5) is 4.26. The Balaban J connectivity index is 1.94. The topological polar surface area (TPSA) is 114 Å². The second kappa shape index (κ2) is 5.18. The van der Waals surface area contributed by atoms with Crippen molar-refractivity contribution in [3.63, 3.8) is 0 Å². The fraction of sp³-hybridized carbons (Fsp3) is 0.471. The zero-order chi connectivity index (χ0) is 17.9. The van der Waals surface area contributed by atoms with Gasteiger partial charge in [-0.25, -0.2) is 4.99 Å². The third-order valence-electron chi connectivity index (χ3n) is 5.19. The average Bonchev–Trinajstić information content (AvgIpc) is 2.84. The Kier molecular flexibility index (Phi) is 3.39. The van der Waals surface area contributed by atoms with Gasteiger partial charge in [0.1, 0.15) is 17.0 Å². The molecule has 3 aliphatic rings. The number of nitrogens with two attached hydrogens (primary N) is 1. The SMILES string of the molecule is CCOc1ccc(Br)cc1C1C2(C#N)C(N)=NC3(OCCO3)C12C#N. The Morgan fingerprint density at radius 3 is 2.68 bits per heavy atom. The molecule has 25 heavy (non-hydrogen) atoms. The fourth-order valence-electron chi connectivity index (χ4n) is 4.22. The van der Waals surface area contributed by atoms with E-state index >= 15 is 0 Å². The molecule has 1 saturated carbocycles. The van der Waals surface area contributed by atoms with Gasteiger partial charge in [-0.05, 0) is 25.1 Å². The molecule has 0 radical (unpaired) electrons. The molecule has 2 N–H and O–H groups in total. The summed E-state index contributed by atoms with van der Waals surface area (Å²) < 4.78 is 18.0. The van der Waals surface area contributed by atoms with Crippen LogP contribution >= 0.6 is 15.9 Å². The Morgan fingerprint density at radius 2 is 2.08 bits per heavy atom. The lowest BCUT2D eigenvalue weighted by molar-refractivity contribution is -0.184. The molecule has 1 aromatic carbocycles. The molecule has 2 aliphatic heterocycles. The molecule has 1 aliphatic carbocycles. The maximum absolute atomic E-state index is 10.1. The third kappa shape index (κ3) is 1.67. The van der Waals surface area contributed by atoms with E-state index in [1.54, 1.807) is 0 Å². The third-order valence-corrected chi connectivity index (χ3v) is 5.68. The first-order chi connectivity index (χ1) is 12.0. The molecule has 7 nitrogen and oxygen atoms in total. The predicted octanol–water partition coefficient (Wildman–Crippen LogP) is 2.04. The molecule has 2 fully saturated rings. The molecule has 8 heteroatoms. The highest BCUT2D eigenvalue weighted by Gasteiger charge is 2.94. The van der Waals surface area contributed by atoms with Gasteiger partial charge in [-0.15, -0.1) is 0 Å². The number of hydrogen-bond acceptors (Lipinski definition) is 7. The number of benzene rings is 1. The highest BCUT2D eigenvalue weighted by molar-refractivity contribution is 9.10. The summed E-state index contributed by atoms with van der Waals surface area (Å²) in [5.41, 5.74) is 4.23. The number of halogens is 1. The van der Waals surface area contributed by atoms with E-state index in [0.717, 1.165) is 10.0 Å². The van der Waals surface area contributed by atoms with Crippen LogP contribution in [-0.4, -0.2) is 31.6 Å². The standard InChI is InChI=1S/C17H15BrN4O3/c1-2-23-12-4-3-10(18)7-11(12)13-15(8-19)14(21)22-17(16(13,15)9-20)24-5-6-25-17/h3-4,7,13H,2,5-6H2,1H3,(H2,21,22). The number of amidine groups is 1. The summed E-state index contributed by atoms with van der Waals surface area (Å²) in [6, 6.07) is 10.0. The molecule has 0 aromatic heterocycles. The lowest BCUT2D eigenvalue weighted by Crippen LogP contribution is -2.38. The van der Waals surface area contributed by atoms with Gasteiger partial charge in [0.05, 0.1) is 32.0 Å². The largest absolute Gasteiger partial charge is 0.494 e. The van der Waals surface area contributed by atoms with E-state index in [1.165, 1.54) is 0 Å². The Bertz CT molecular complexity index is 868. The zero-order valence-corrected chi connectivity index (χ0v) is 15.0. The Hall–Kier alpha value is -2.13. The highest BCUT2D eigenvalue weighted by Crippen LogP contribution is 2.83. The molecule has 3 atom stereocenters. The van der Waals surface area contributed by atoms with Crippen LogP contribution in [0.15, 0.2) is 27.7 Å². The summed E-state index contributed by atoms with van der Waals surface area (Å²) in [5.74, 6) is -1.40. The van der Waals surface area contributed by atoms with E-state index in [0.29, 0.717) is 25.6 Å². The van der Waals surface area contributed by atoms with Gasteiger partial charge in [0.15, 0.2) is 5.41 Å². The van der Waals surface area contributed by atoms with Crippen LogP contribution in [0.5, 0.6) is 5.75 Å². The number of ether oxygens (including phenoxy) is 3. The van der Waals surface area contributed by atoms with Crippen molar-refractivity contribution in [2.24, 2.45) is 21.6 Å². The van der Waals surface area contributed by atoms with Crippen LogP contribution in [0.2, 0.25) is 0 Å². The van der Waals surface area contributed by atoms with E-state index in [1.807, 2.05) is 25.1 Å². The van der Waals surface area contributed by atoms with Crippen molar-refractivity contribution in [2.45, 2.75) is 18.8 Å². The van der Waals surface area contributed by atoms with Crippen LogP contribution in [0.3, 0.4) is 0 Å². The molecule has 0 amide bonds. The van der Waals surface area contributed by atoms with Crippen molar-refractivity contribution >= 4 is 21.8 Å². The summed E-state index contributed by atoms with van der Waals surface area (Å²) in [7, 11) is 0.